The van der Waals surface area contributed by atoms with E-state index in [1.165, 1.54) is 6.07 Å². The van der Waals surface area contributed by atoms with Crippen molar-refractivity contribution >= 4 is 46.4 Å². The number of aromatic hydroxyl groups is 1. The molecular weight excluding hydrogens is 648 g/mol. The molecule has 2 amide bonds. The van der Waals surface area contributed by atoms with E-state index in [1.54, 1.807) is 54.6 Å². The van der Waals surface area contributed by atoms with Gasteiger partial charge in [0.2, 0.25) is 5.88 Å². The molecule has 6 rings (SSSR count). The second-order valence-corrected chi connectivity index (χ2v) is 10.3. The van der Waals surface area contributed by atoms with Crippen molar-refractivity contribution in [3.63, 3.8) is 0 Å². The number of nitrogens with zero attached hydrogens (tertiary/aromatic N) is 6. The monoisotopic (exact) mass is 678 g/mol. The lowest BCUT2D eigenvalue weighted by atomic mass is 10.3. The van der Waals surface area contributed by atoms with Gasteiger partial charge in [-0.05, 0) is 62.4 Å². The van der Waals surface area contributed by atoms with Crippen molar-refractivity contribution in [3.05, 3.63) is 137 Å². The Bertz CT molecular complexity index is 2020. The van der Waals surface area contributed by atoms with E-state index in [0.717, 1.165) is 11.4 Å². The van der Waals surface area contributed by atoms with Gasteiger partial charge in [0.1, 0.15) is 23.1 Å². The largest absolute Gasteiger partial charge is 0.508 e. The number of para-hydroxylation sites is 2. The van der Waals surface area contributed by atoms with Gasteiger partial charge >= 0.3 is 0 Å². The van der Waals surface area contributed by atoms with E-state index < -0.39 is 11.8 Å². The van der Waals surface area contributed by atoms with Gasteiger partial charge in [-0.25, -0.2) is 9.97 Å². The van der Waals surface area contributed by atoms with Crippen LogP contribution in [-0.2, 0) is 0 Å². The highest BCUT2D eigenvalue weighted by molar-refractivity contribution is 6.29. The highest BCUT2D eigenvalue weighted by atomic mass is 35.5. The number of carbonyl (C=O) groups is 2. The predicted molar refractivity (Wildman–Crippen MR) is 185 cm³/mol. The molecule has 7 N–H and O–H groups in total. The number of nitrogens with two attached hydrogens (primary N) is 2. The number of carbonyl (C=O) groups excluding carboxylic acids is 2. The Balaban J connectivity index is 0.000000189. The van der Waals surface area contributed by atoms with Gasteiger partial charge in [-0.1, -0.05) is 60.1 Å². The first-order chi connectivity index (χ1) is 23.6. The fourth-order valence-corrected chi connectivity index (χ4v) is 4.03. The molecule has 15 heteroatoms. The highest BCUT2D eigenvalue weighted by Gasteiger charge is 2.15. The summed E-state index contributed by atoms with van der Waals surface area (Å²) in [5.41, 5.74) is 13.0. The number of phenolic OH excluding ortho intramolecular Hbond substituents is 1. The van der Waals surface area contributed by atoms with E-state index in [-0.39, 0.29) is 22.4 Å². The van der Waals surface area contributed by atoms with E-state index in [1.807, 2.05) is 62.4 Å². The van der Waals surface area contributed by atoms with Crippen LogP contribution >= 0.6 is 11.6 Å². The van der Waals surface area contributed by atoms with Gasteiger partial charge in [-0.2, -0.15) is 0 Å². The molecule has 14 nitrogen and oxygen atoms in total. The molecule has 0 atom stereocenters. The van der Waals surface area contributed by atoms with Gasteiger partial charge < -0.3 is 31.9 Å². The van der Waals surface area contributed by atoms with Crippen molar-refractivity contribution in [2.75, 3.05) is 10.6 Å². The molecule has 0 aliphatic heterocycles. The minimum absolute atomic E-state index is 0.0127. The lowest BCUT2D eigenvalue weighted by Gasteiger charge is -2.11. The molecule has 6 aromatic rings. The van der Waals surface area contributed by atoms with Gasteiger partial charge in [-0.15, -0.1) is 20.4 Å². The zero-order valence-electron chi connectivity index (χ0n) is 26.3. The Hall–Kier alpha value is -6.67. The van der Waals surface area contributed by atoms with E-state index in [2.05, 4.69) is 41.0 Å². The summed E-state index contributed by atoms with van der Waals surface area (Å²) in [6.07, 6.45) is 0. The first kappa shape index (κ1) is 35.2. The molecule has 2 aromatic carbocycles. The van der Waals surface area contributed by atoms with Gasteiger partial charge in [0, 0.05) is 23.5 Å². The van der Waals surface area contributed by atoms with Gasteiger partial charge in [0.15, 0.2) is 16.5 Å². The SMILES string of the molecule is Cc1cccc(Nc2cc(Cl)nnc2C(N)=O)n1.Cc1cccc(Nc2cc(Oc3ccccc3)nnc2C(N)=O)n1.Oc1ccccc1. The maximum Gasteiger partial charge on any atom is 0.271 e. The number of phenols is 1. The second kappa shape index (κ2) is 17.3. The van der Waals surface area contributed by atoms with Crippen LogP contribution in [0.3, 0.4) is 0 Å². The number of benzene rings is 2. The third-order valence-electron chi connectivity index (χ3n) is 6.03. The number of primary amides is 2. The number of aryl methyl sites for hydroxylation is 2. The standard InChI is InChI=1S/C17H15N5O2.C11H10ClN5O.C6H6O/c1-11-6-5-9-14(19-11)20-13-10-15(21-22-16(13)17(18)23)24-12-7-3-2-4-8-12;1-6-3-2-4-9(14-6)15-7-5-8(12)16-17-10(7)11(13)18;7-6-4-2-1-3-5-6/h2-10H,1H3,(H2,18,23)(H,19,20,21);2-5H,1H3,(H2,13,18)(H,14,15,16);1-5,7H. The molecule has 0 aliphatic rings. The number of pyridine rings is 2. The van der Waals surface area contributed by atoms with Gasteiger partial charge in [-0.3, -0.25) is 9.59 Å². The van der Waals surface area contributed by atoms with Crippen LogP contribution in [-0.4, -0.2) is 47.3 Å². The second-order valence-electron chi connectivity index (χ2n) is 9.93. The minimum Gasteiger partial charge on any atom is -0.508 e. The Morgan fingerprint density at radius 3 is 1.61 bits per heavy atom. The van der Waals surface area contributed by atoms with Gasteiger partial charge in [0.05, 0.1) is 11.4 Å². The predicted octanol–water partition coefficient (Wildman–Crippen LogP) is 5.88. The summed E-state index contributed by atoms with van der Waals surface area (Å²) in [6.45, 7) is 3.73. The number of nitrogens with one attached hydrogen (secondary N) is 2. The number of halogens is 1. The van der Waals surface area contributed by atoms with Crippen LogP contribution in [0.4, 0.5) is 23.0 Å². The fourth-order valence-electron chi connectivity index (χ4n) is 3.88. The van der Waals surface area contributed by atoms with Crippen molar-refractivity contribution in [1.29, 1.82) is 0 Å². The van der Waals surface area contributed by atoms with Crippen LogP contribution in [0, 0.1) is 13.8 Å². The zero-order chi connectivity index (χ0) is 35.2. The van der Waals surface area contributed by atoms with E-state index in [9.17, 15) is 9.59 Å². The molecule has 0 unspecified atom stereocenters. The summed E-state index contributed by atoms with van der Waals surface area (Å²) >= 11 is 5.73. The number of rotatable bonds is 8. The molecule has 4 heterocycles. The van der Waals surface area contributed by atoms with Crippen molar-refractivity contribution < 1.29 is 19.4 Å². The topological polar surface area (TPSA) is 217 Å². The third kappa shape index (κ3) is 11.3. The molecule has 0 fully saturated rings. The number of hydrogen-bond acceptors (Lipinski definition) is 12. The van der Waals surface area contributed by atoms with Gasteiger partial charge in [0.25, 0.3) is 11.8 Å². The summed E-state index contributed by atoms with van der Waals surface area (Å²) in [4.78, 5) is 31.3. The average molecular weight is 679 g/mol. The number of aromatic nitrogens is 6. The van der Waals surface area contributed by atoms with Crippen LogP contribution in [0.1, 0.15) is 32.4 Å². The molecule has 4 aromatic heterocycles. The molecule has 0 bridgehead atoms. The first-order valence-electron chi connectivity index (χ1n) is 14.5. The maximum absolute atomic E-state index is 11.6. The molecule has 0 saturated carbocycles. The van der Waals surface area contributed by atoms with Crippen molar-refractivity contribution in [1.82, 2.24) is 30.4 Å². The van der Waals surface area contributed by atoms with Crippen molar-refractivity contribution in [3.8, 4) is 17.4 Å². The third-order valence-corrected chi connectivity index (χ3v) is 6.21. The first-order valence-corrected chi connectivity index (χ1v) is 14.8. The quantitative estimate of drug-likeness (QED) is 0.127. The van der Waals surface area contributed by atoms with Crippen molar-refractivity contribution in [2.45, 2.75) is 13.8 Å². The normalized spacial score (nSPS) is 9.94. The highest BCUT2D eigenvalue weighted by Crippen LogP contribution is 2.25. The molecule has 0 aliphatic carbocycles. The Morgan fingerprint density at radius 1 is 0.653 bits per heavy atom. The van der Waals surface area contributed by atoms with E-state index >= 15 is 0 Å². The Labute approximate surface area is 286 Å². The number of hydrogen-bond donors (Lipinski definition) is 5. The summed E-state index contributed by atoms with van der Waals surface area (Å²) < 4.78 is 5.63. The fraction of sp³-hybridized carbons (Fsp3) is 0.0588. The van der Waals surface area contributed by atoms with Crippen LogP contribution in [0.15, 0.2) is 109 Å². The lowest BCUT2D eigenvalue weighted by molar-refractivity contribution is 0.0987. The minimum atomic E-state index is -0.691. The molecule has 49 heavy (non-hydrogen) atoms. The summed E-state index contributed by atoms with van der Waals surface area (Å²) in [5.74, 6) is 0.929. The number of ether oxygens (including phenoxy) is 1. The van der Waals surface area contributed by atoms with Crippen molar-refractivity contribution in [2.24, 2.45) is 11.5 Å². The van der Waals surface area contributed by atoms with Crippen LogP contribution < -0.4 is 26.8 Å². The Morgan fingerprint density at radius 2 is 1.14 bits per heavy atom. The Kier molecular flexibility index (Phi) is 12.4. The molecule has 0 saturated heterocycles. The molecule has 0 spiro atoms. The summed E-state index contributed by atoms with van der Waals surface area (Å²) in [6, 6.07) is 31.8. The summed E-state index contributed by atoms with van der Waals surface area (Å²) in [5, 5.41) is 29.7. The lowest BCUT2D eigenvalue weighted by Crippen LogP contribution is -2.16. The number of amides is 2. The maximum atomic E-state index is 11.6. The summed E-state index contributed by atoms with van der Waals surface area (Å²) in [7, 11) is 0. The smallest absolute Gasteiger partial charge is 0.271 e. The molecule has 0 radical (unpaired) electrons. The van der Waals surface area contributed by atoms with Crippen LogP contribution in [0.2, 0.25) is 5.15 Å². The average Bonchev–Trinajstić information content (AvgIpc) is 3.06. The van der Waals surface area contributed by atoms with Crippen LogP contribution in [0.5, 0.6) is 17.4 Å². The number of anilines is 4. The molecular formula is C34H31ClN10O4. The van der Waals surface area contributed by atoms with Crippen LogP contribution in [0.25, 0.3) is 0 Å². The molecule has 248 valence electrons. The van der Waals surface area contributed by atoms with E-state index in [4.69, 9.17) is 32.9 Å². The van der Waals surface area contributed by atoms with E-state index in [0.29, 0.717) is 34.5 Å². The zero-order valence-corrected chi connectivity index (χ0v) is 27.0.